The van der Waals surface area contributed by atoms with E-state index in [2.05, 4.69) is 24.9 Å². The third-order valence-electron chi connectivity index (χ3n) is 2.87. The molecule has 0 amide bonds. The summed E-state index contributed by atoms with van der Waals surface area (Å²) >= 11 is 6.62. The molecule has 2 aromatic rings. The van der Waals surface area contributed by atoms with Crippen LogP contribution >= 0.6 is 23.6 Å². The lowest BCUT2D eigenvalue weighted by atomic mass is 10.2. The molecule has 106 valence electrons. The highest BCUT2D eigenvalue weighted by molar-refractivity contribution is 7.81. The molecule has 0 saturated heterocycles. The number of thiazole rings is 1. The zero-order chi connectivity index (χ0) is 14.5. The van der Waals surface area contributed by atoms with Crippen molar-refractivity contribution < 1.29 is 4.74 Å². The summed E-state index contributed by atoms with van der Waals surface area (Å²) in [6.07, 6.45) is 1.62. The second-order valence-corrected chi connectivity index (χ2v) is 6.04. The highest BCUT2D eigenvalue weighted by Crippen LogP contribution is 2.20. The molecule has 0 aliphatic carbocycles. The molecule has 1 aromatic heterocycles. The predicted octanol–water partition coefficient (Wildman–Crippen LogP) is 3.27. The molecule has 20 heavy (non-hydrogen) atoms. The summed E-state index contributed by atoms with van der Waals surface area (Å²) in [5.41, 5.74) is 7.90. The van der Waals surface area contributed by atoms with E-state index < -0.39 is 0 Å². The van der Waals surface area contributed by atoms with Gasteiger partial charge in [-0.1, -0.05) is 31.3 Å². The van der Waals surface area contributed by atoms with Gasteiger partial charge in [0, 0.05) is 6.42 Å². The monoisotopic (exact) mass is 306 g/mol. The first-order chi connectivity index (χ1) is 9.60. The number of aryl methyl sites for hydroxylation is 2. The number of hydrogen-bond donors (Lipinski definition) is 1. The van der Waals surface area contributed by atoms with E-state index in [1.165, 1.54) is 5.56 Å². The summed E-state index contributed by atoms with van der Waals surface area (Å²) < 4.78 is 5.74. The standard InChI is InChI=1S/C15H18N2OS2/c1-3-12-14(15(16)19)20-13(17-12)7-8-18-11-6-4-5-10(2)9-11/h4-6,9H,3,7-8H2,1-2H3,(H2,16,19). The van der Waals surface area contributed by atoms with Crippen molar-refractivity contribution in [2.75, 3.05) is 6.61 Å². The van der Waals surface area contributed by atoms with Gasteiger partial charge in [0.2, 0.25) is 0 Å². The Hall–Kier alpha value is -1.46. The molecule has 0 atom stereocenters. The number of rotatable bonds is 6. The van der Waals surface area contributed by atoms with E-state index in [4.69, 9.17) is 22.7 Å². The number of nitrogens with two attached hydrogens (primary N) is 1. The molecule has 2 rings (SSSR count). The predicted molar refractivity (Wildman–Crippen MR) is 87.8 cm³/mol. The molecule has 1 heterocycles. The Morgan fingerprint density at radius 3 is 2.85 bits per heavy atom. The smallest absolute Gasteiger partial charge is 0.119 e. The molecular weight excluding hydrogens is 288 g/mol. The second kappa shape index (κ2) is 6.81. The summed E-state index contributed by atoms with van der Waals surface area (Å²) in [6, 6.07) is 8.04. The van der Waals surface area contributed by atoms with Crippen molar-refractivity contribution in [3.8, 4) is 5.75 Å². The molecule has 0 bridgehead atoms. The molecule has 2 N–H and O–H groups in total. The third-order valence-corrected chi connectivity index (χ3v) is 4.40. The first kappa shape index (κ1) is 14.9. The van der Waals surface area contributed by atoms with Crippen molar-refractivity contribution >= 4 is 28.5 Å². The molecule has 0 unspecified atom stereocenters. The highest BCUT2D eigenvalue weighted by Gasteiger charge is 2.11. The van der Waals surface area contributed by atoms with E-state index in [1.54, 1.807) is 11.3 Å². The van der Waals surface area contributed by atoms with Crippen LogP contribution < -0.4 is 10.5 Å². The van der Waals surface area contributed by atoms with Crippen LogP contribution in [0, 0.1) is 6.92 Å². The summed E-state index contributed by atoms with van der Waals surface area (Å²) in [5.74, 6) is 0.895. The lowest BCUT2D eigenvalue weighted by Gasteiger charge is -2.05. The fourth-order valence-corrected chi connectivity index (χ4v) is 3.13. The summed E-state index contributed by atoms with van der Waals surface area (Å²) in [4.78, 5) is 5.94. The van der Waals surface area contributed by atoms with Crippen molar-refractivity contribution in [3.63, 3.8) is 0 Å². The van der Waals surface area contributed by atoms with E-state index >= 15 is 0 Å². The van der Waals surface area contributed by atoms with Crippen LogP contribution in [0.1, 0.15) is 28.1 Å². The first-order valence-corrected chi connectivity index (χ1v) is 7.80. The summed E-state index contributed by atoms with van der Waals surface area (Å²) in [6.45, 7) is 4.72. The first-order valence-electron chi connectivity index (χ1n) is 6.58. The van der Waals surface area contributed by atoms with Crippen molar-refractivity contribution in [1.29, 1.82) is 0 Å². The minimum Gasteiger partial charge on any atom is -0.493 e. The topological polar surface area (TPSA) is 48.1 Å². The quantitative estimate of drug-likeness (QED) is 0.832. The number of hydrogen-bond acceptors (Lipinski definition) is 4. The van der Waals surface area contributed by atoms with Gasteiger partial charge in [0.15, 0.2) is 0 Å². The molecule has 0 aliphatic rings. The van der Waals surface area contributed by atoms with Crippen LogP contribution in [0.4, 0.5) is 0 Å². The van der Waals surface area contributed by atoms with E-state index in [1.807, 2.05) is 18.2 Å². The van der Waals surface area contributed by atoms with E-state index in [9.17, 15) is 0 Å². The van der Waals surface area contributed by atoms with Gasteiger partial charge < -0.3 is 10.5 Å². The van der Waals surface area contributed by atoms with Crippen LogP contribution in [0.3, 0.4) is 0 Å². The van der Waals surface area contributed by atoms with Crippen molar-refractivity contribution in [2.24, 2.45) is 5.73 Å². The average Bonchev–Trinajstić information content (AvgIpc) is 2.82. The summed E-state index contributed by atoms with van der Waals surface area (Å²) in [5, 5.41) is 1.03. The van der Waals surface area contributed by atoms with Crippen LogP contribution in [0.25, 0.3) is 0 Å². The molecule has 0 spiro atoms. The second-order valence-electron chi connectivity index (χ2n) is 4.52. The average molecular weight is 306 g/mol. The van der Waals surface area contributed by atoms with Gasteiger partial charge in [-0.25, -0.2) is 4.98 Å². The van der Waals surface area contributed by atoms with Gasteiger partial charge >= 0.3 is 0 Å². The van der Waals surface area contributed by atoms with Crippen LogP contribution in [-0.4, -0.2) is 16.6 Å². The highest BCUT2D eigenvalue weighted by atomic mass is 32.1. The van der Waals surface area contributed by atoms with Crippen LogP contribution in [0.15, 0.2) is 24.3 Å². The van der Waals surface area contributed by atoms with Crippen molar-refractivity contribution in [2.45, 2.75) is 26.7 Å². The van der Waals surface area contributed by atoms with Crippen molar-refractivity contribution in [1.82, 2.24) is 4.98 Å². The molecule has 1 aromatic carbocycles. The third kappa shape index (κ3) is 3.77. The number of thiocarbonyl (C=S) groups is 1. The van der Waals surface area contributed by atoms with E-state index in [0.29, 0.717) is 11.6 Å². The van der Waals surface area contributed by atoms with Crippen LogP contribution in [-0.2, 0) is 12.8 Å². The molecule has 3 nitrogen and oxygen atoms in total. The Balaban J connectivity index is 1.96. The minimum atomic E-state index is 0.435. The Morgan fingerprint density at radius 1 is 1.45 bits per heavy atom. The van der Waals surface area contributed by atoms with Gasteiger partial charge in [0.1, 0.15) is 10.7 Å². The zero-order valence-electron chi connectivity index (χ0n) is 11.7. The van der Waals surface area contributed by atoms with Gasteiger partial charge in [0.25, 0.3) is 0 Å². The lowest BCUT2D eigenvalue weighted by molar-refractivity contribution is 0.321. The molecular formula is C15H18N2OS2. The zero-order valence-corrected chi connectivity index (χ0v) is 13.3. The maximum absolute atomic E-state index is 5.74. The lowest BCUT2D eigenvalue weighted by Crippen LogP contribution is -2.09. The number of ether oxygens (including phenoxy) is 1. The minimum absolute atomic E-state index is 0.435. The molecule has 0 radical (unpaired) electrons. The SMILES string of the molecule is CCc1nc(CCOc2cccc(C)c2)sc1C(N)=S. The van der Waals surface area contributed by atoms with Gasteiger partial charge in [-0.3, -0.25) is 0 Å². The van der Waals surface area contributed by atoms with Gasteiger partial charge in [-0.2, -0.15) is 0 Å². The van der Waals surface area contributed by atoms with E-state index in [0.717, 1.165) is 34.2 Å². The normalized spacial score (nSPS) is 10.5. The maximum atomic E-state index is 5.74. The van der Waals surface area contributed by atoms with E-state index in [-0.39, 0.29) is 0 Å². The Kier molecular flexibility index (Phi) is 5.09. The van der Waals surface area contributed by atoms with Gasteiger partial charge in [0.05, 0.1) is 22.2 Å². The van der Waals surface area contributed by atoms with Gasteiger partial charge in [-0.05, 0) is 31.0 Å². The fraction of sp³-hybridized carbons (Fsp3) is 0.333. The Labute approximate surface area is 128 Å². The Morgan fingerprint density at radius 2 is 2.25 bits per heavy atom. The summed E-state index contributed by atoms with van der Waals surface area (Å²) in [7, 11) is 0. The maximum Gasteiger partial charge on any atom is 0.119 e. The largest absolute Gasteiger partial charge is 0.493 e. The molecule has 0 saturated carbocycles. The number of nitrogens with zero attached hydrogens (tertiary/aromatic N) is 1. The Bertz CT molecular complexity index is 608. The molecule has 0 aliphatic heterocycles. The van der Waals surface area contributed by atoms with Crippen molar-refractivity contribution in [3.05, 3.63) is 45.4 Å². The van der Waals surface area contributed by atoms with Crippen LogP contribution in [0.5, 0.6) is 5.75 Å². The number of benzene rings is 1. The molecule has 5 heteroatoms. The molecule has 0 fully saturated rings. The van der Waals surface area contributed by atoms with Gasteiger partial charge in [-0.15, -0.1) is 11.3 Å². The fourth-order valence-electron chi connectivity index (χ4n) is 1.90. The number of aromatic nitrogens is 1. The van der Waals surface area contributed by atoms with Crippen LogP contribution in [0.2, 0.25) is 0 Å².